The number of hydrogen-bond donors (Lipinski definition) is 1. The minimum atomic E-state index is -0.260. The molecule has 1 rings (SSSR count). The van der Waals surface area contributed by atoms with Crippen molar-refractivity contribution in [1.82, 2.24) is 0 Å². The van der Waals surface area contributed by atoms with Crippen LogP contribution in [-0.4, -0.2) is 16.9 Å². The lowest BCUT2D eigenvalue weighted by molar-refractivity contribution is 0.269. The second-order valence-electron chi connectivity index (χ2n) is 2.33. The van der Waals surface area contributed by atoms with Gasteiger partial charge in [-0.1, -0.05) is 30.3 Å². The Hall–Kier alpha value is -1.02. The third-order valence-electron chi connectivity index (χ3n) is 1.57. The lowest BCUT2D eigenvalue weighted by Crippen LogP contribution is -1.99. The predicted molar refractivity (Wildman–Crippen MR) is 51.3 cm³/mol. The van der Waals surface area contributed by atoms with E-state index in [2.05, 4.69) is 22.4 Å². The van der Waals surface area contributed by atoms with Crippen molar-refractivity contribution in [3.8, 4) is 0 Å². The Bertz CT molecular complexity index is 280. The fourth-order valence-corrected chi connectivity index (χ4v) is 1.09. The molecule has 1 atom stereocenters. The van der Waals surface area contributed by atoms with Gasteiger partial charge in [0.25, 0.3) is 0 Å². The fraction of sp³-hybridized carbons (Fsp3) is 0.222. The van der Waals surface area contributed by atoms with Gasteiger partial charge in [0.2, 0.25) is 0 Å². The van der Waals surface area contributed by atoms with Crippen molar-refractivity contribution in [3.63, 3.8) is 0 Å². The zero-order valence-electron chi connectivity index (χ0n) is 6.47. The summed E-state index contributed by atoms with van der Waals surface area (Å²) in [6.07, 6.45) is 0. The average Bonchev–Trinajstić information content (AvgIpc) is 2.15. The molecule has 0 saturated carbocycles. The third-order valence-corrected chi connectivity index (χ3v) is 1.67. The molecule has 0 amide bonds. The van der Waals surface area contributed by atoms with Crippen LogP contribution in [0.3, 0.4) is 0 Å². The number of benzene rings is 1. The number of aliphatic hydroxyl groups excluding tert-OH is 1. The van der Waals surface area contributed by atoms with Crippen LogP contribution in [0.1, 0.15) is 11.6 Å². The summed E-state index contributed by atoms with van der Waals surface area (Å²) in [6, 6.07) is 9.25. The van der Waals surface area contributed by atoms with Gasteiger partial charge < -0.3 is 5.11 Å². The second kappa shape index (κ2) is 4.78. The number of rotatable bonds is 3. The molecule has 0 unspecified atom stereocenters. The molecule has 1 aromatic rings. The Morgan fingerprint density at radius 3 is 2.58 bits per heavy atom. The first-order valence-corrected chi connectivity index (χ1v) is 4.02. The van der Waals surface area contributed by atoms with Gasteiger partial charge in [-0.05, 0) is 17.8 Å². The van der Waals surface area contributed by atoms with Crippen molar-refractivity contribution in [3.05, 3.63) is 35.9 Å². The summed E-state index contributed by atoms with van der Waals surface area (Å²) < 4.78 is 0. The van der Waals surface area contributed by atoms with Crippen LogP contribution in [0.4, 0.5) is 0 Å². The van der Waals surface area contributed by atoms with Crippen molar-refractivity contribution < 1.29 is 5.11 Å². The summed E-state index contributed by atoms with van der Waals surface area (Å²) in [5.41, 5.74) is 0.956. The van der Waals surface area contributed by atoms with E-state index >= 15 is 0 Å². The Morgan fingerprint density at radius 2 is 2.08 bits per heavy atom. The molecule has 1 N–H and O–H groups in total. The zero-order chi connectivity index (χ0) is 8.81. The maximum atomic E-state index is 8.93. The van der Waals surface area contributed by atoms with Crippen LogP contribution in [0, 0.1) is 0 Å². The average molecular weight is 179 g/mol. The molecule has 0 aliphatic carbocycles. The van der Waals surface area contributed by atoms with E-state index in [1.807, 2.05) is 30.3 Å². The fourth-order valence-electron chi connectivity index (χ4n) is 0.960. The topological polar surface area (TPSA) is 32.6 Å². The molecule has 0 bridgehead atoms. The molecular weight excluding hydrogens is 170 g/mol. The van der Waals surface area contributed by atoms with Crippen molar-refractivity contribution >= 4 is 17.4 Å². The van der Waals surface area contributed by atoms with Gasteiger partial charge >= 0.3 is 0 Å². The first-order chi connectivity index (χ1) is 5.88. The van der Waals surface area contributed by atoms with Crippen LogP contribution >= 0.6 is 12.2 Å². The van der Waals surface area contributed by atoms with Crippen molar-refractivity contribution in [2.45, 2.75) is 6.04 Å². The molecule has 0 heterocycles. The van der Waals surface area contributed by atoms with Gasteiger partial charge in [0.05, 0.1) is 11.8 Å². The van der Waals surface area contributed by atoms with Gasteiger partial charge in [-0.25, -0.2) is 4.99 Å². The van der Waals surface area contributed by atoms with E-state index in [-0.39, 0.29) is 12.6 Å². The van der Waals surface area contributed by atoms with E-state index in [9.17, 15) is 0 Å². The molecule has 12 heavy (non-hydrogen) atoms. The quantitative estimate of drug-likeness (QED) is 0.567. The van der Waals surface area contributed by atoms with E-state index in [0.29, 0.717) is 0 Å². The van der Waals surface area contributed by atoms with Crippen LogP contribution in [-0.2, 0) is 0 Å². The van der Waals surface area contributed by atoms with Crippen molar-refractivity contribution in [1.29, 1.82) is 0 Å². The summed E-state index contributed by atoms with van der Waals surface area (Å²) in [5, 5.41) is 11.2. The SMILES string of the molecule is OC[C@@H](N=C=S)c1ccccc1. The van der Waals surface area contributed by atoms with Crippen LogP contribution in [0.15, 0.2) is 35.3 Å². The maximum Gasteiger partial charge on any atom is 0.108 e. The Labute approximate surface area is 76.6 Å². The highest BCUT2D eigenvalue weighted by Gasteiger charge is 2.05. The van der Waals surface area contributed by atoms with E-state index < -0.39 is 0 Å². The summed E-state index contributed by atoms with van der Waals surface area (Å²) in [7, 11) is 0. The number of hydrogen-bond acceptors (Lipinski definition) is 3. The van der Waals surface area contributed by atoms with Crippen molar-refractivity contribution in [2.24, 2.45) is 4.99 Å². The van der Waals surface area contributed by atoms with Crippen LogP contribution in [0.2, 0.25) is 0 Å². The van der Waals surface area contributed by atoms with Crippen LogP contribution in [0.5, 0.6) is 0 Å². The van der Waals surface area contributed by atoms with Gasteiger partial charge in [-0.2, -0.15) is 0 Å². The first kappa shape index (κ1) is 9.07. The van der Waals surface area contributed by atoms with E-state index in [4.69, 9.17) is 5.11 Å². The first-order valence-electron chi connectivity index (χ1n) is 3.61. The Kier molecular flexibility index (Phi) is 3.61. The van der Waals surface area contributed by atoms with E-state index in [0.717, 1.165) is 5.56 Å². The largest absolute Gasteiger partial charge is 0.394 e. The molecule has 0 fully saturated rings. The highest BCUT2D eigenvalue weighted by molar-refractivity contribution is 7.78. The number of aliphatic hydroxyl groups is 1. The summed E-state index contributed by atoms with van der Waals surface area (Å²) in [6.45, 7) is -0.0341. The maximum absolute atomic E-state index is 8.93. The molecule has 0 aromatic heterocycles. The summed E-state index contributed by atoms with van der Waals surface area (Å²) in [5.74, 6) is 0. The Balaban J connectivity index is 2.87. The highest BCUT2D eigenvalue weighted by atomic mass is 32.1. The summed E-state index contributed by atoms with van der Waals surface area (Å²) >= 11 is 4.47. The molecule has 62 valence electrons. The molecule has 0 saturated heterocycles. The molecular formula is C9H9NOS. The van der Waals surface area contributed by atoms with Gasteiger partial charge in [0.15, 0.2) is 0 Å². The molecule has 2 nitrogen and oxygen atoms in total. The molecule has 0 radical (unpaired) electrons. The zero-order valence-corrected chi connectivity index (χ0v) is 7.29. The number of aliphatic imine (C=N–C) groups is 1. The second-order valence-corrected chi connectivity index (χ2v) is 2.51. The minimum absolute atomic E-state index is 0.0341. The van der Waals surface area contributed by atoms with Crippen LogP contribution < -0.4 is 0 Å². The highest BCUT2D eigenvalue weighted by Crippen LogP contribution is 2.14. The lowest BCUT2D eigenvalue weighted by Gasteiger charge is -2.06. The molecule has 0 aliphatic rings. The molecule has 3 heteroatoms. The van der Waals surface area contributed by atoms with Gasteiger partial charge in [0.1, 0.15) is 6.04 Å². The monoisotopic (exact) mass is 179 g/mol. The Morgan fingerprint density at radius 1 is 1.42 bits per heavy atom. The number of nitrogens with zero attached hydrogens (tertiary/aromatic N) is 1. The molecule has 0 aliphatic heterocycles. The lowest BCUT2D eigenvalue weighted by atomic mass is 10.1. The third kappa shape index (κ3) is 2.24. The standard InChI is InChI=1S/C9H9NOS/c11-6-9(10-7-12)8-4-2-1-3-5-8/h1-5,9,11H,6H2/t9-/m1/s1. The van der Waals surface area contributed by atoms with Crippen LogP contribution in [0.25, 0.3) is 0 Å². The van der Waals surface area contributed by atoms with E-state index in [1.165, 1.54) is 0 Å². The number of thiocarbonyl (C=S) groups is 1. The summed E-state index contributed by atoms with van der Waals surface area (Å²) in [4.78, 5) is 3.83. The minimum Gasteiger partial charge on any atom is -0.394 e. The smallest absolute Gasteiger partial charge is 0.108 e. The number of isothiocyanates is 1. The van der Waals surface area contributed by atoms with Gasteiger partial charge in [-0.15, -0.1) is 0 Å². The van der Waals surface area contributed by atoms with Gasteiger partial charge in [0, 0.05) is 0 Å². The van der Waals surface area contributed by atoms with Gasteiger partial charge in [-0.3, -0.25) is 0 Å². The molecule has 0 spiro atoms. The van der Waals surface area contributed by atoms with Crippen molar-refractivity contribution in [2.75, 3.05) is 6.61 Å². The normalized spacial score (nSPS) is 11.8. The molecule has 1 aromatic carbocycles. The van der Waals surface area contributed by atoms with E-state index in [1.54, 1.807) is 0 Å². The predicted octanol–water partition coefficient (Wildman–Crippen LogP) is 1.82.